The second-order valence-corrected chi connectivity index (χ2v) is 7.52. The third-order valence-corrected chi connectivity index (χ3v) is 5.01. The average Bonchev–Trinajstić information content (AvgIpc) is 2.87. The third kappa shape index (κ3) is 4.20. The molecule has 0 aromatic heterocycles. The molecule has 0 N–H and O–H groups in total. The van der Waals surface area contributed by atoms with E-state index < -0.39 is 21.9 Å². The Balaban J connectivity index is 1.68. The molecule has 24 heavy (non-hydrogen) atoms. The maximum Gasteiger partial charge on any atom is 0.302 e. The number of carbonyl (C=O) groups is 1. The van der Waals surface area contributed by atoms with Gasteiger partial charge in [-0.3, -0.25) is 4.79 Å². The van der Waals surface area contributed by atoms with Gasteiger partial charge in [0.25, 0.3) is 0 Å². The third-order valence-electron chi connectivity index (χ3n) is 4.14. The van der Waals surface area contributed by atoms with Gasteiger partial charge in [0, 0.05) is 24.6 Å². The molecule has 3 rings (SSSR count). The highest BCUT2D eigenvalue weighted by Crippen LogP contribution is 2.27. The first kappa shape index (κ1) is 16.6. The summed E-state index contributed by atoms with van der Waals surface area (Å²) in [5.41, 5.74) is 3.05. The van der Waals surface area contributed by atoms with Crippen molar-refractivity contribution in [3.63, 3.8) is 0 Å². The van der Waals surface area contributed by atoms with Gasteiger partial charge in [-0.15, -0.1) is 3.89 Å². The van der Waals surface area contributed by atoms with Gasteiger partial charge in [-0.25, -0.2) is 0 Å². The predicted octanol–water partition coefficient (Wildman–Crippen LogP) is 2.93. The predicted molar refractivity (Wildman–Crippen MR) is 91.0 cm³/mol. The first-order chi connectivity index (χ1) is 11.4. The molecule has 1 atom stereocenters. The zero-order valence-corrected chi connectivity index (χ0v) is 13.9. The molecule has 126 valence electrons. The molecule has 1 aliphatic heterocycles. The summed E-state index contributed by atoms with van der Waals surface area (Å²) in [4.78, 5) is 13.6. The summed E-state index contributed by atoms with van der Waals surface area (Å²) in [6.45, 7) is 0.236. The lowest BCUT2D eigenvalue weighted by atomic mass is 10.0. The van der Waals surface area contributed by atoms with Gasteiger partial charge in [-0.2, -0.15) is 8.42 Å². The van der Waals surface area contributed by atoms with Crippen molar-refractivity contribution in [1.29, 1.82) is 0 Å². The van der Waals surface area contributed by atoms with E-state index in [1.807, 2.05) is 42.5 Å². The van der Waals surface area contributed by atoms with E-state index in [0.717, 1.165) is 17.7 Å². The summed E-state index contributed by atoms with van der Waals surface area (Å²) in [7, 11) is -4.56. The smallest absolute Gasteiger partial charge is 0.302 e. The van der Waals surface area contributed by atoms with E-state index in [0.29, 0.717) is 0 Å². The highest BCUT2D eigenvalue weighted by Gasteiger charge is 2.33. The van der Waals surface area contributed by atoms with E-state index >= 15 is 0 Å². The van der Waals surface area contributed by atoms with Crippen LogP contribution in [0.4, 0.5) is 9.57 Å². The Morgan fingerprint density at radius 3 is 2.25 bits per heavy atom. The molecule has 1 aliphatic rings. The molecule has 0 saturated carbocycles. The number of halogens is 1. The topological polar surface area (TPSA) is 54.5 Å². The van der Waals surface area contributed by atoms with Crippen molar-refractivity contribution in [1.82, 2.24) is 0 Å². The maximum atomic E-state index is 12.8. The van der Waals surface area contributed by atoms with Crippen molar-refractivity contribution in [2.75, 3.05) is 17.2 Å². The molecular weight excluding hydrogens is 329 g/mol. The van der Waals surface area contributed by atoms with Gasteiger partial charge >= 0.3 is 10.2 Å². The van der Waals surface area contributed by atoms with Crippen LogP contribution >= 0.6 is 0 Å². The number of anilines is 1. The summed E-state index contributed by atoms with van der Waals surface area (Å²) in [6, 6.07) is 17.7. The van der Waals surface area contributed by atoms with Crippen LogP contribution < -0.4 is 4.90 Å². The van der Waals surface area contributed by atoms with Crippen molar-refractivity contribution in [3.8, 4) is 0 Å². The van der Waals surface area contributed by atoms with Crippen LogP contribution in [-0.2, 0) is 21.4 Å². The van der Waals surface area contributed by atoms with E-state index in [9.17, 15) is 17.1 Å². The number of carbonyl (C=O) groups excluding carboxylic acids is 1. The Bertz CT molecular complexity index is 819. The Kier molecular flexibility index (Phi) is 4.66. The van der Waals surface area contributed by atoms with Gasteiger partial charge in [-0.1, -0.05) is 42.5 Å². The number of hydrogen-bond donors (Lipinski definition) is 0. The zero-order chi connectivity index (χ0) is 17.2. The molecule has 0 aliphatic carbocycles. The lowest BCUT2D eigenvalue weighted by Crippen LogP contribution is -2.25. The second-order valence-electron chi connectivity index (χ2n) is 6.11. The molecular formula is C18H18FNO3S. The number of nitrogens with zero attached hydrogens (tertiary/aromatic N) is 1. The largest absolute Gasteiger partial charge is 0.312 e. The van der Waals surface area contributed by atoms with Gasteiger partial charge in [-0.05, 0) is 29.7 Å². The summed E-state index contributed by atoms with van der Waals surface area (Å²) in [6.07, 6.45) is 0.868. The Labute approximate surface area is 141 Å². The summed E-state index contributed by atoms with van der Waals surface area (Å²) < 4.78 is 34.3. The van der Waals surface area contributed by atoms with Crippen molar-refractivity contribution in [3.05, 3.63) is 65.7 Å². The average molecular weight is 347 g/mol. The summed E-state index contributed by atoms with van der Waals surface area (Å²) >= 11 is 0. The van der Waals surface area contributed by atoms with Crippen LogP contribution in [0.1, 0.15) is 17.5 Å². The molecule has 1 fully saturated rings. The molecule has 0 spiro atoms. The van der Waals surface area contributed by atoms with Crippen molar-refractivity contribution in [2.45, 2.75) is 12.8 Å². The van der Waals surface area contributed by atoms with Crippen LogP contribution in [0.3, 0.4) is 0 Å². The number of benzene rings is 2. The molecule has 1 amide bonds. The van der Waals surface area contributed by atoms with Gasteiger partial charge < -0.3 is 4.90 Å². The molecule has 0 bridgehead atoms. The quantitative estimate of drug-likeness (QED) is 0.782. The van der Waals surface area contributed by atoms with Gasteiger partial charge in [0.15, 0.2) is 0 Å². The fourth-order valence-electron chi connectivity index (χ4n) is 3.05. The van der Waals surface area contributed by atoms with E-state index in [2.05, 4.69) is 12.1 Å². The molecule has 1 unspecified atom stereocenters. The van der Waals surface area contributed by atoms with Crippen LogP contribution in [0.5, 0.6) is 0 Å². The lowest BCUT2D eigenvalue weighted by Gasteiger charge is -2.17. The molecule has 6 heteroatoms. The first-order valence-electron chi connectivity index (χ1n) is 7.76. The van der Waals surface area contributed by atoms with Crippen molar-refractivity contribution >= 4 is 21.8 Å². The van der Waals surface area contributed by atoms with Crippen molar-refractivity contribution in [2.24, 2.45) is 5.92 Å². The van der Waals surface area contributed by atoms with Crippen LogP contribution in [-0.4, -0.2) is 26.6 Å². The number of rotatable bonds is 5. The summed E-state index contributed by atoms with van der Waals surface area (Å²) in [5, 5.41) is 0. The standard InChI is InChI=1S/C18H18FNO3S/c19-24(22,23)13-16-11-18(21)20(12-16)17-8-6-15(7-9-17)10-14-4-2-1-3-5-14/h1-9,16H,10-13H2. The highest BCUT2D eigenvalue weighted by molar-refractivity contribution is 7.86. The van der Waals surface area contributed by atoms with E-state index in [4.69, 9.17) is 0 Å². The molecule has 4 nitrogen and oxygen atoms in total. The Hall–Kier alpha value is -2.21. The molecule has 0 radical (unpaired) electrons. The second kappa shape index (κ2) is 6.73. The summed E-state index contributed by atoms with van der Waals surface area (Å²) in [5.74, 6) is -1.25. The number of hydrogen-bond acceptors (Lipinski definition) is 3. The van der Waals surface area contributed by atoms with E-state index in [1.165, 1.54) is 10.5 Å². The van der Waals surface area contributed by atoms with Crippen LogP contribution in [0, 0.1) is 5.92 Å². The monoisotopic (exact) mass is 347 g/mol. The highest BCUT2D eigenvalue weighted by atomic mass is 32.3. The Morgan fingerprint density at radius 2 is 1.62 bits per heavy atom. The maximum absolute atomic E-state index is 12.8. The van der Waals surface area contributed by atoms with E-state index in [-0.39, 0.29) is 18.9 Å². The first-order valence-corrected chi connectivity index (χ1v) is 9.31. The van der Waals surface area contributed by atoms with Crippen LogP contribution in [0.15, 0.2) is 54.6 Å². The molecule has 2 aromatic carbocycles. The SMILES string of the molecule is O=C1CC(CS(=O)(=O)F)CN1c1ccc(Cc2ccccc2)cc1. The minimum absolute atomic E-state index is 0.0644. The molecule has 1 heterocycles. The fraction of sp³-hybridized carbons (Fsp3) is 0.278. The molecule has 2 aromatic rings. The van der Waals surface area contributed by atoms with Gasteiger partial charge in [0.1, 0.15) is 0 Å². The number of amides is 1. The Morgan fingerprint density at radius 1 is 1.00 bits per heavy atom. The minimum Gasteiger partial charge on any atom is -0.312 e. The van der Waals surface area contributed by atoms with Crippen molar-refractivity contribution < 1.29 is 17.1 Å². The van der Waals surface area contributed by atoms with Crippen LogP contribution in [0.25, 0.3) is 0 Å². The fourth-order valence-corrected chi connectivity index (χ4v) is 3.84. The normalized spacial score (nSPS) is 18.1. The van der Waals surface area contributed by atoms with Crippen LogP contribution in [0.2, 0.25) is 0 Å². The minimum atomic E-state index is -4.56. The van der Waals surface area contributed by atoms with Gasteiger partial charge in [0.05, 0.1) is 5.75 Å². The zero-order valence-electron chi connectivity index (χ0n) is 13.1. The van der Waals surface area contributed by atoms with Gasteiger partial charge in [0.2, 0.25) is 5.91 Å². The lowest BCUT2D eigenvalue weighted by molar-refractivity contribution is -0.117. The molecule has 1 saturated heterocycles. The van der Waals surface area contributed by atoms with E-state index in [1.54, 1.807) is 0 Å².